The van der Waals surface area contributed by atoms with Crippen molar-refractivity contribution >= 4 is 53.2 Å². The van der Waals surface area contributed by atoms with E-state index >= 15 is 0 Å². The van der Waals surface area contributed by atoms with Gasteiger partial charge in [0, 0.05) is 61.5 Å². The Hall–Kier alpha value is -0.780. The van der Waals surface area contributed by atoms with Crippen molar-refractivity contribution in [3.05, 3.63) is 24.3 Å². The number of rotatable bonds is 4. The molecule has 1 aliphatic heterocycles. The van der Waals surface area contributed by atoms with Gasteiger partial charge in [0.1, 0.15) is 11.4 Å². The van der Waals surface area contributed by atoms with Crippen molar-refractivity contribution in [2.45, 2.75) is 31.2 Å². The molecule has 0 saturated carbocycles. The van der Waals surface area contributed by atoms with Crippen molar-refractivity contribution in [1.29, 1.82) is 0 Å². The SMILES string of the molecule is Cc1ncc2c(cc(SN3CCCCC3)n2SI)c1-c1ncn(C)n1. The van der Waals surface area contributed by atoms with Gasteiger partial charge in [-0.3, -0.25) is 13.6 Å². The van der Waals surface area contributed by atoms with Crippen LogP contribution in [0.25, 0.3) is 22.3 Å². The van der Waals surface area contributed by atoms with E-state index in [-0.39, 0.29) is 0 Å². The summed E-state index contributed by atoms with van der Waals surface area (Å²) in [6, 6.07) is 2.26. The van der Waals surface area contributed by atoms with E-state index in [0.717, 1.165) is 35.7 Å². The zero-order chi connectivity index (χ0) is 17.4. The van der Waals surface area contributed by atoms with Crippen LogP contribution >= 0.6 is 42.3 Å². The molecule has 132 valence electrons. The summed E-state index contributed by atoms with van der Waals surface area (Å²) in [5, 5.41) is 6.91. The van der Waals surface area contributed by atoms with Crippen molar-refractivity contribution in [1.82, 2.24) is 28.0 Å². The van der Waals surface area contributed by atoms with Crippen LogP contribution in [-0.4, -0.2) is 41.1 Å². The van der Waals surface area contributed by atoms with Crippen LogP contribution in [0, 0.1) is 6.92 Å². The number of pyridine rings is 1. The van der Waals surface area contributed by atoms with Gasteiger partial charge in [-0.1, -0.05) is 6.42 Å². The molecule has 1 saturated heterocycles. The molecule has 0 atom stereocenters. The topological polar surface area (TPSA) is 51.8 Å². The molecular formula is C16H19IN6S2. The lowest BCUT2D eigenvalue weighted by Gasteiger charge is -2.25. The van der Waals surface area contributed by atoms with E-state index in [2.05, 4.69) is 50.6 Å². The monoisotopic (exact) mass is 486 g/mol. The van der Waals surface area contributed by atoms with Gasteiger partial charge in [0.25, 0.3) is 0 Å². The second-order valence-electron chi connectivity index (χ2n) is 6.19. The lowest BCUT2D eigenvalue weighted by atomic mass is 10.1. The standard InChI is InChI=1S/C16H19IN6S2/c1-11-15(16-19-10-21(2)20-16)12-8-14(23(25-17)13(12)9-18-11)24-22-6-4-3-5-7-22/h8-10H,3-7H2,1-2H3. The summed E-state index contributed by atoms with van der Waals surface area (Å²) >= 11 is 4.20. The van der Waals surface area contributed by atoms with E-state index < -0.39 is 0 Å². The van der Waals surface area contributed by atoms with Crippen molar-refractivity contribution < 1.29 is 0 Å². The third-order valence-electron chi connectivity index (χ3n) is 4.40. The third-order valence-corrected chi connectivity index (χ3v) is 7.34. The molecule has 0 spiro atoms. The minimum Gasteiger partial charge on any atom is -0.266 e. The molecule has 4 rings (SSSR count). The van der Waals surface area contributed by atoms with Gasteiger partial charge in [-0.25, -0.2) is 9.29 Å². The molecule has 1 fully saturated rings. The summed E-state index contributed by atoms with van der Waals surface area (Å²) in [6.07, 6.45) is 7.62. The summed E-state index contributed by atoms with van der Waals surface area (Å²) in [6.45, 7) is 4.34. The van der Waals surface area contributed by atoms with Crippen LogP contribution in [-0.2, 0) is 7.05 Å². The first kappa shape index (κ1) is 17.6. The molecule has 4 heterocycles. The number of halogens is 1. The van der Waals surface area contributed by atoms with E-state index in [9.17, 15) is 0 Å². The van der Waals surface area contributed by atoms with E-state index in [0.29, 0.717) is 0 Å². The molecule has 0 aromatic carbocycles. The predicted molar refractivity (Wildman–Crippen MR) is 113 cm³/mol. The lowest BCUT2D eigenvalue weighted by Crippen LogP contribution is -2.23. The van der Waals surface area contributed by atoms with Crippen molar-refractivity contribution in [2.24, 2.45) is 7.05 Å². The Morgan fingerprint density at radius 1 is 1.16 bits per heavy atom. The van der Waals surface area contributed by atoms with Gasteiger partial charge in [0.05, 0.1) is 17.3 Å². The summed E-state index contributed by atoms with van der Waals surface area (Å²) in [7, 11) is 3.58. The van der Waals surface area contributed by atoms with Gasteiger partial charge in [0.15, 0.2) is 5.82 Å². The fourth-order valence-electron chi connectivity index (χ4n) is 3.18. The van der Waals surface area contributed by atoms with Crippen molar-refractivity contribution in [3.63, 3.8) is 0 Å². The Bertz CT molecular complexity index is 900. The summed E-state index contributed by atoms with van der Waals surface area (Å²) in [4.78, 5) is 9.07. The van der Waals surface area contributed by atoms with Crippen molar-refractivity contribution in [3.8, 4) is 11.4 Å². The van der Waals surface area contributed by atoms with Crippen LogP contribution in [0.2, 0.25) is 0 Å². The van der Waals surface area contributed by atoms with Crippen LogP contribution in [0.5, 0.6) is 0 Å². The minimum atomic E-state index is 0.739. The van der Waals surface area contributed by atoms with E-state index in [1.54, 1.807) is 20.1 Å². The molecule has 3 aromatic heterocycles. The Kier molecular flexibility index (Phi) is 5.25. The number of aryl methyl sites for hydroxylation is 2. The molecule has 0 unspecified atom stereocenters. The molecule has 0 aliphatic carbocycles. The van der Waals surface area contributed by atoms with Gasteiger partial charge in [-0.2, -0.15) is 5.10 Å². The smallest absolute Gasteiger partial charge is 0.183 e. The highest BCUT2D eigenvalue weighted by molar-refractivity contribution is 14.2. The van der Waals surface area contributed by atoms with Crippen LogP contribution in [0.15, 0.2) is 23.6 Å². The Morgan fingerprint density at radius 2 is 1.96 bits per heavy atom. The number of fused-ring (bicyclic) bond motifs is 1. The van der Waals surface area contributed by atoms with E-state index in [1.807, 2.05) is 32.1 Å². The fourth-order valence-corrected chi connectivity index (χ4v) is 6.46. The van der Waals surface area contributed by atoms with E-state index in [1.165, 1.54) is 29.7 Å². The zero-order valence-corrected chi connectivity index (χ0v) is 17.9. The lowest BCUT2D eigenvalue weighted by molar-refractivity contribution is 0.380. The molecule has 1 aliphatic rings. The maximum Gasteiger partial charge on any atom is 0.183 e. The summed E-state index contributed by atoms with van der Waals surface area (Å²) < 4.78 is 6.47. The average Bonchev–Trinajstić information content (AvgIpc) is 3.18. The molecule has 25 heavy (non-hydrogen) atoms. The van der Waals surface area contributed by atoms with Crippen LogP contribution in [0.4, 0.5) is 0 Å². The third kappa shape index (κ3) is 3.43. The number of piperidine rings is 1. The van der Waals surface area contributed by atoms with Crippen molar-refractivity contribution in [2.75, 3.05) is 13.1 Å². The Morgan fingerprint density at radius 3 is 2.64 bits per heavy atom. The molecule has 0 bridgehead atoms. The minimum absolute atomic E-state index is 0.739. The zero-order valence-electron chi connectivity index (χ0n) is 14.1. The van der Waals surface area contributed by atoms with Gasteiger partial charge in [-0.15, -0.1) is 0 Å². The first-order valence-corrected chi connectivity index (χ1v) is 12.4. The maximum atomic E-state index is 4.61. The summed E-state index contributed by atoms with van der Waals surface area (Å²) in [5.41, 5.74) is 3.11. The molecule has 6 nitrogen and oxygen atoms in total. The highest BCUT2D eigenvalue weighted by Crippen LogP contribution is 2.39. The molecule has 0 amide bonds. The van der Waals surface area contributed by atoms with Crippen LogP contribution < -0.4 is 0 Å². The first-order chi connectivity index (χ1) is 12.2. The van der Waals surface area contributed by atoms with Gasteiger partial charge >= 0.3 is 0 Å². The number of aromatic nitrogens is 5. The maximum absolute atomic E-state index is 4.61. The Labute approximate surface area is 167 Å². The highest BCUT2D eigenvalue weighted by atomic mass is 127. The predicted octanol–water partition coefficient (Wildman–Crippen LogP) is 4.48. The largest absolute Gasteiger partial charge is 0.266 e. The Balaban J connectivity index is 1.82. The van der Waals surface area contributed by atoms with E-state index in [4.69, 9.17) is 0 Å². The fraction of sp³-hybridized carbons (Fsp3) is 0.438. The highest BCUT2D eigenvalue weighted by Gasteiger charge is 2.21. The van der Waals surface area contributed by atoms with Gasteiger partial charge in [-0.05, 0) is 37.8 Å². The first-order valence-electron chi connectivity index (χ1n) is 8.26. The van der Waals surface area contributed by atoms with Crippen LogP contribution in [0.1, 0.15) is 25.0 Å². The van der Waals surface area contributed by atoms with Crippen LogP contribution in [0.3, 0.4) is 0 Å². The number of hydrogen-bond acceptors (Lipinski definition) is 6. The average molecular weight is 486 g/mol. The number of nitrogens with zero attached hydrogens (tertiary/aromatic N) is 6. The molecule has 9 heteroatoms. The molecule has 0 N–H and O–H groups in total. The summed E-state index contributed by atoms with van der Waals surface area (Å²) in [5.74, 6) is 0.739. The molecule has 3 aromatic rings. The molecular weight excluding hydrogens is 467 g/mol. The van der Waals surface area contributed by atoms with Gasteiger partial charge < -0.3 is 0 Å². The number of hydrogen-bond donors (Lipinski definition) is 0. The normalized spacial score (nSPS) is 16.0. The second kappa shape index (κ2) is 7.45. The molecule has 0 radical (unpaired) electrons. The quantitative estimate of drug-likeness (QED) is 0.401. The van der Waals surface area contributed by atoms with Gasteiger partial charge in [0.2, 0.25) is 0 Å². The second-order valence-corrected chi connectivity index (χ2v) is 8.99.